The zero-order valence-electron chi connectivity index (χ0n) is 14.8. The van der Waals surface area contributed by atoms with E-state index in [0.717, 1.165) is 12.1 Å². The molecule has 3 aliphatic carbocycles. The molecule has 0 spiro atoms. The monoisotopic (exact) mass is 404 g/mol. The first-order valence-electron chi connectivity index (χ1n) is 8.76. The Bertz CT molecular complexity index is 1080. The van der Waals surface area contributed by atoms with E-state index in [0.29, 0.717) is 0 Å². The number of phenols is 1. The third kappa shape index (κ3) is 2.23. The molecule has 1 amide bonds. The minimum atomic E-state index is -2.77. The van der Waals surface area contributed by atoms with Crippen molar-refractivity contribution in [2.75, 3.05) is 0 Å². The van der Waals surface area contributed by atoms with Gasteiger partial charge in [0.15, 0.2) is 11.4 Å². The molecule has 0 unspecified atom stereocenters. The SMILES string of the molecule is NC(=O)C1=C(O)[C@@]2(O)C(=O)C3=C(O)c4c(O)ccc(F)c4C[C@H]3C[C@H]2[C@@H](N)C1=O. The average molecular weight is 404 g/mol. The molecule has 0 bridgehead atoms. The molecule has 29 heavy (non-hydrogen) atoms. The molecular formula is C19H17FN2O7. The Morgan fingerprint density at radius 2 is 1.86 bits per heavy atom. The van der Waals surface area contributed by atoms with E-state index >= 15 is 0 Å². The minimum Gasteiger partial charge on any atom is -0.508 e. The molecule has 3 aliphatic rings. The largest absolute Gasteiger partial charge is 0.508 e. The number of carbonyl (C=O) groups excluding carboxylic acids is 3. The normalized spacial score (nSPS) is 31.3. The maximum absolute atomic E-state index is 14.3. The van der Waals surface area contributed by atoms with E-state index < -0.39 is 69.6 Å². The molecule has 0 saturated heterocycles. The van der Waals surface area contributed by atoms with Gasteiger partial charge in [-0.1, -0.05) is 0 Å². The first kappa shape index (κ1) is 19.1. The summed E-state index contributed by atoms with van der Waals surface area (Å²) in [6.45, 7) is 0. The third-order valence-electron chi connectivity index (χ3n) is 6.08. The number of hydrogen-bond donors (Lipinski definition) is 6. The highest BCUT2D eigenvalue weighted by Gasteiger charge is 2.63. The average Bonchev–Trinajstić information content (AvgIpc) is 2.65. The topological polar surface area (TPSA) is 184 Å². The van der Waals surface area contributed by atoms with Crippen LogP contribution in [0.15, 0.2) is 29.0 Å². The molecule has 1 aromatic carbocycles. The van der Waals surface area contributed by atoms with Gasteiger partial charge in [-0.05, 0) is 30.9 Å². The summed E-state index contributed by atoms with van der Waals surface area (Å²) in [5.41, 5.74) is 6.56. The van der Waals surface area contributed by atoms with E-state index in [-0.39, 0.29) is 29.5 Å². The Hall–Kier alpha value is -3.24. The van der Waals surface area contributed by atoms with E-state index in [4.69, 9.17) is 11.5 Å². The van der Waals surface area contributed by atoms with Gasteiger partial charge in [0.1, 0.15) is 28.7 Å². The van der Waals surface area contributed by atoms with Crippen LogP contribution in [-0.4, -0.2) is 49.5 Å². The lowest BCUT2D eigenvalue weighted by Crippen LogP contribution is -2.65. The number of benzene rings is 1. The van der Waals surface area contributed by atoms with Crippen LogP contribution in [0, 0.1) is 17.7 Å². The first-order chi connectivity index (χ1) is 13.5. The van der Waals surface area contributed by atoms with Crippen molar-refractivity contribution in [1.82, 2.24) is 0 Å². The second-order valence-corrected chi connectivity index (χ2v) is 7.50. The smallest absolute Gasteiger partial charge is 0.255 e. The fraction of sp³-hybridized carbons (Fsp3) is 0.316. The maximum Gasteiger partial charge on any atom is 0.255 e. The van der Waals surface area contributed by atoms with Gasteiger partial charge >= 0.3 is 0 Å². The van der Waals surface area contributed by atoms with Crippen LogP contribution in [0.1, 0.15) is 17.5 Å². The second-order valence-electron chi connectivity index (χ2n) is 7.50. The van der Waals surface area contributed by atoms with Crippen molar-refractivity contribution in [1.29, 1.82) is 0 Å². The van der Waals surface area contributed by atoms with Crippen molar-refractivity contribution < 1.29 is 39.2 Å². The fourth-order valence-corrected chi connectivity index (χ4v) is 4.68. The van der Waals surface area contributed by atoms with Crippen LogP contribution in [0.3, 0.4) is 0 Å². The van der Waals surface area contributed by atoms with Gasteiger partial charge < -0.3 is 31.9 Å². The number of aliphatic hydroxyl groups is 3. The highest BCUT2D eigenvalue weighted by molar-refractivity contribution is 6.24. The van der Waals surface area contributed by atoms with Crippen LogP contribution >= 0.6 is 0 Å². The number of carbonyl (C=O) groups is 3. The summed E-state index contributed by atoms with van der Waals surface area (Å²) < 4.78 is 14.3. The van der Waals surface area contributed by atoms with E-state index in [1.54, 1.807) is 0 Å². The van der Waals surface area contributed by atoms with Crippen molar-refractivity contribution in [2.24, 2.45) is 23.3 Å². The number of ketones is 2. The number of aromatic hydroxyl groups is 1. The Balaban J connectivity index is 1.98. The molecule has 4 atom stereocenters. The number of Topliss-reactive ketones (excluding diaryl/α,β-unsaturated/α-hetero) is 2. The Kier molecular flexibility index (Phi) is 3.87. The van der Waals surface area contributed by atoms with E-state index in [1.807, 2.05) is 0 Å². The van der Waals surface area contributed by atoms with Gasteiger partial charge in [0.25, 0.3) is 5.91 Å². The lowest BCUT2D eigenvalue weighted by atomic mass is 9.58. The zero-order valence-corrected chi connectivity index (χ0v) is 14.8. The standard InChI is InChI=1S/C19H17FN2O7/c20-8-1-2-9(23)11-6(8)3-5-4-7-13(21)15(25)12(18(22)28)17(27)19(7,29)16(26)10(5)14(11)24/h1-2,5,7,13,23-24,27,29H,3-4,21H2,(H2,22,28)/t5-,7-,13+,19-/m0/s1. The van der Waals surface area contributed by atoms with E-state index in [9.17, 15) is 39.2 Å². The predicted octanol–water partition coefficient (Wildman–Crippen LogP) is -0.500. The quantitative estimate of drug-likeness (QED) is 0.338. The second kappa shape index (κ2) is 5.88. The minimum absolute atomic E-state index is 0.0252. The molecule has 4 rings (SSSR count). The van der Waals surface area contributed by atoms with Gasteiger partial charge in [0, 0.05) is 17.1 Å². The number of amides is 1. The lowest BCUT2D eigenvalue weighted by Gasteiger charge is -2.48. The number of rotatable bonds is 1. The first-order valence-corrected chi connectivity index (χ1v) is 8.76. The summed E-state index contributed by atoms with van der Waals surface area (Å²) in [6.07, 6.45) is -0.277. The van der Waals surface area contributed by atoms with Gasteiger partial charge in [0.2, 0.25) is 5.78 Å². The van der Waals surface area contributed by atoms with Crippen molar-refractivity contribution >= 4 is 23.2 Å². The Morgan fingerprint density at radius 1 is 1.21 bits per heavy atom. The summed E-state index contributed by atoms with van der Waals surface area (Å²) in [6, 6.07) is 0.492. The molecule has 1 fully saturated rings. The van der Waals surface area contributed by atoms with Crippen molar-refractivity contribution in [3.05, 3.63) is 46.0 Å². The number of fused-ring (bicyclic) bond motifs is 3. The molecule has 9 nitrogen and oxygen atoms in total. The zero-order chi connectivity index (χ0) is 21.4. The summed E-state index contributed by atoms with van der Waals surface area (Å²) in [7, 11) is 0. The van der Waals surface area contributed by atoms with Crippen molar-refractivity contribution in [3.63, 3.8) is 0 Å². The molecule has 152 valence electrons. The summed E-state index contributed by atoms with van der Waals surface area (Å²) in [5, 5.41) is 42.2. The maximum atomic E-state index is 14.3. The molecule has 0 radical (unpaired) electrons. The molecule has 0 heterocycles. The molecule has 1 aromatic rings. The molecule has 8 N–H and O–H groups in total. The van der Waals surface area contributed by atoms with E-state index in [1.165, 1.54) is 0 Å². The van der Waals surface area contributed by atoms with E-state index in [2.05, 4.69) is 0 Å². The van der Waals surface area contributed by atoms with Gasteiger partial charge in [-0.25, -0.2) is 4.39 Å². The molecule has 0 aromatic heterocycles. The molecule has 1 saturated carbocycles. The number of nitrogens with two attached hydrogens (primary N) is 2. The summed E-state index contributed by atoms with van der Waals surface area (Å²) in [5.74, 6) is -8.88. The molecular weight excluding hydrogens is 387 g/mol. The van der Waals surface area contributed by atoms with Crippen molar-refractivity contribution in [3.8, 4) is 5.75 Å². The lowest BCUT2D eigenvalue weighted by molar-refractivity contribution is -0.149. The number of hydrogen-bond acceptors (Lipinski definition) is 8. The summed E-state index contributed by atoms with van der Waals surface area (Å²) >= 11 is 0. The fourth-order valence-electron chi connectivity index (χ4n) is 4.68. The van der Waals surface area contributed by atoms with Crippen LogP contribution in [0.4, 0.5) is 4.39 Å². The van der Waals surface area contributed by atoms with Gasteiger partial charge in [-0.3, -0.25) is 14.4 Å². The third-order valence-corrected chi connectivity index (χ3v) is 6.08. The van der Waals surface area contributed by atoms with Gasteiger partial charge in [0.05, 0.1) is 11.6 Å². The summed E-state index contributed by atoms with van der Waals surface area (Å²) in [4.78, 5) is 37.2. The Labute approximate surface area is 162 Å². The number of primary amides is 1. The number of halogens is 1. The number of aliphatic hydroxyl groups excluding tert-OH is 2. The Morgan fingerprint density at radius 3 is 2.48 bits per heavy atom. The van der Waals surface area contributed by atoms with Crippen LogP contribution in [0.25, 0.3) is 5.76 Å². The number of phenolic OH excluding ortho intramolecular Hbond substituents is 1. The van der Waals surface area contributed by atoms with Crippen LogP contribution in [0.5, 0.6) is 5.75 Å². The molecule has 0 aliphatic heterocycles. The van der Waals surface area contributed by atoms with Crippen LogP contribution in [-0.2, 0) is 20.8 Å². The van der Waals surface area contributed by atoms with Crippen molar-refractivity contribution in [2.45, 2.75) is 24.5 Å². The van der Waals surface area contributed by atoms with Crippen LogP contribution < -0.4 is 11.5 Å². The van der Waals surface area contributed by atoms with Gasteiger partial charge in [-0.2, -0.15) is 0 Å². The highest BCUT2D eigenvalue weighted by atomic mass is 19.1. The van der Waals surface area contributed by atoms with Gasteiger partial charge in [-0.15, -0.1) is 0 Å². The predicted molar refractivity (Wildman–Crippen MR) is 94.7 cm³/mol. The molecule has 10 heteroatoms. The van der Waals surface area contributed by atoms with Crippen LogP contribution in [0.2, 0.25) is 0 Å². The highest BCUT2D eigenvalue weighted by Crippen LogP contribution is 2.51.